The Bertz CT molecular complexity index is 404. The summed E-state index contributed by atoms with van der Waals surface area (Å²) in [6.45, 7) is 6.34. The fourth-order valence-corrected chi connectivity index (χ4v) is 2.51. The second-order valence-electron chi connectivity index (χ2n) is 5.10. The molecule has 0 saturated carbocycles. The molecular weight excluding hydrogens is 224 g/mol. The number of hydrogen-bond acceptors (Lipinski definition) is 3. The first-order chi connectivity index (χ1) is 8.74. The van der Waals surface area contributed by atoms with Crippen molar-refractivity contribution < 1.29 is 4.74 Å². The molecule has 1 aromatic carbocycles. The highest BCUT2D eigenvalue weighted by molar-refractivity contribution is 5.43. The summed E-state index contributed by atoms with van der Waals surface area (Å²) in [4.78, 5) is 2.36. The number of methoxy groups -OCH3 is 1. The van der Waals surface area contributed by atoms with Crippen molar-refractivity contribution in [2.45, 2.75) is 32.9 Å². The number of benzene rings is 1. The SMILES string of the molecule is CCCNCc1cc2c(cc1OC)CN(C)CC2. The topological polar surface area (TPSA) is 24.5 Å². The zero-order valence-corrected chi connectivity index (χ0v) is 11.8. The van der Waals surface area contributed by atoms with Crippen LogP contribution in [0.25, 0.3) is 0 Å². The molecule has 1 heterocycles. The standard InChI is InChI=1S/C15H24N2O/c1-4-6-16-10-13-8-12-5-7-17(2)11-14(12)9-15(13)18-3/h8-9,16H,4-7,10-11H2,1-3H3. The second-order valence-corrected chi connectivity index (χ2v) is 5.10. The molecular formula is C15H24N2O. The van der Waals surface area contributed by atoms with Gasteiger partial charge in [0.2, 0.25) is 0 Å². The molecule has 0 aliphatic carbocycles. The van der Waals surface area contributed by atoms with Crippen LogP contribution in [-0.4, -0.2) is 32.1 Å². The normalized spacial score (nSPS) is 15.5. The van der Waals surface area contributed by atoms with E-state index in [4.69, 9.17) is 4.74 Å². The molecule has 0 fully saturated rings. The Morgan fingerprint density at radius 2 is 2.17 bits per heavy atom. The summed E-state index contributed by atoms with van der Waals surface area (Å²) >= 11 is 0. The van der Waals surface area contributed by atoms with Crippen molar-refractivity contribution >= 4 is 0 Å². The van der Waals surface area contributed by atoms with Crippen LogP contribution in [0.1, 0.15) is 30.0 Å². The Balaban J connectivity index is 2.19. The number of rotatable bonds is 5. The van der Waals surface area contributed by atoms with E-state index in [9.17, 15) is 0 Å². The monoisotopic (exact) mass is 248 g/mol. The molecule has 2 rings (SSSR count). The van der Waals surface area contributed by atoms with E-state index < -0.39 is 0 Å². The van der Waals surface area contributed by atoms with Crippen molar-refractivity contribution in [2.24, 2.45) is 0 Å². The molecule has 0 bridgehead atoms. The van der Waals surface area contributed by atoms with Crippen LogP contribution in [0.4, 0.5) is 0 Å². The van der Waals surface area contributed by atoms with Gasteiger partial charge >= 0.3 is 0 Å². The number of hydrogen-bond donors (Lipinski definition) is 1. The van der Waals surface area contributed by atoms with Crippen molar-refractivity contribution in [3.05, 3.63) is 28.8 Å². The fraction of sp³-hybridized carbons (Fsp3) is 0.600. The van der Waals surface area contributed by atoms with Crippen molar-refractivity contribution in [3.63, 3.8) is 0 Å². The summed E-state index contributed by atoms with van der Waals surface area (Å²) in [5, 5.41) is 3.45. The van der Waals surface area contributed by atoms with Crippen LogP contribution < -0.4 is 10.1 Å². The summed E-state index contributed by atoms with van der Waals surface area (Å²) in [6.07, 6.45) is 2.31. The van der Waals surface area contributed by atoms with Gasteiger partial charge in [-0.2, -0.15) is 0 Å². The fourth-order valence-electron chi connectivity index (χ4n) is 2.51. The predicted molar refractivity (Wildman–Crippen MR) is 75.0 cm³/mol. The summed E-state index contributed by atoms with van der Waals surface area (Å²) < 4.78 is 5.52. The van der Waals surface area contributed by atoms with Gasteiger partial charge in [-0.1, -0.05) is 13.0 Å². The minimum absolute atomic E-state index is 0.903. The average Bonchev–Trinajstić information content (AvgIpc) is 2.38. The van der Waals surface area contributed by atoms with E-state index in [0.29, 0.717) is 0 Å². The predicted octanol–water partition coefficient (Wildman–Crippen LogP) is 2.18. The number of ether oxygens (including phenoxy) is 1. The maximum absolute atomic E-state index is 5.52. The first-order valence-corrected chi connectivity index (χ1v) is 6.82. The van der Waals surface area contributed by atoms with E-state index in [0.717, 1.165) is 44.8 Å². The van der Waals surface area contributed by atoms with E-state index in [1.165, 1.54) is 16.7 Å². The van der Waals surface area contributed by atoms with Gasteiger partial charge in [-0.3, -0.25) is 0 Å². The average molecular weight is 248 g/mol. The van der Waals surface area contributed by atoms with Crippen LogP contribution >= 0.6 is 0 Å². The number of nitrogens with zero attached hydrogens (tertiary/aromatic N) is 1. The lowest BCUT2D eigenvalue weighted by molar-refractivity contribution is 0.311. The Kier molecular flexibility index (Phi) is 4.61. The molecule has 1 aliphatic rings. The molecule has 0 spiro atoms. The van der Waals surface area contributed by atoms with Crippen LogP contribution in [0.15, 0.2) is 12.1 Å². The van der Waals surface area contributed by atoms with Gasteiger partial charge in [0.15, 0.2) is 0 Å². The first-order valence-electron chi connectivity index (χ1n) is 6.82. The van der Waals surface area contributed by atoms with Gasteiger partial charge in [0.25, 0.3) is 0 Å². The van der Waals surface area contributed by atoms with E-state index >= 15 is 0 Å². The lowest BCUT2D eigenvalue weighted by Crippen LogP contribution is -2.27. The first kappa shape index (κ1) is 13.4. The van der Waals surface area contributed by atoms with Gasteiger partial charge in [-0.15, -0.1) is 0 Å². The smallest absolute Gasteiger partial charge is 0.123 e. The van der Waals surface area contributed by atoms with Crippen molar-refractivity contribution in [2.75, 3.05) is 27.2 Å². The molecule has 1 N–H and O–H groups in total. The van der Waals surface area contributed by atoms with Gasteiger partial charge in [-0.25, -0.2) is 0 Å². The molecule has 1 aromatic rings. The molecule has 18 heavy (non-hydrogen) atoms. The molecule has 0 aromatic heterocycles. The Morgan fingerprint density at radius 3 is 2.89 bits per heavy atom. The van der Waals surface area contributed by atoms with Crippen LogP contribution in [0.3, 0.4) is 0 Å². The molecule has 0 unspecified atom stereocenters. The van der Waals surface area contributed by atoms with E-state index in [1.807, 2.05) is 0 Å². The maximum Gasteiger partial charge on any atom is 0.123 e. The zero-order valence-electron chi connectivity index (χ0n) is 11.8. The minimum Gasteiger partial charge on any atom is -0.496 e. The largest absolute Gasteiger partial charge is 0.496 e. The van der Waals surface area contributed by atoms with Gasteiger partial charge in [0, 0.05) is 25.2 Å². The van der Waals surface area contributed by atoms with Crippen LogP contribution in [0, 0.1) is 0 Å². The Labute approximate surface area is 110 Å². The van der Waals surface area contributed by atoms with Gasteiger partial charge in [-0.05, 0) is 43.6 Å². The summed E-state index contributed by atoms with van der Waals surface area (Å²) in [5.74, 6) is 1.02. The highest BCUT2D eigenvalue weighted by atomic mass is 16.5. The number of nitrogens with one attached hydrogen (secondary N) is 1. The molecule has 3 nitrogen and oxygen atoms in total. The van der Waals surface area contributed by atoms with Crippen LogP contribution in [0.5, 0.6) is 5.75 Å². The third kappa shape index (κ3) is 3.03. The molecule has 3 heteroatoms. The van der Waals surface area contributed by atoms with E-state index in [1.54, 1.807) is 7.11 Å². The van der Waals surface area contributed by atoms with Crippen molar-refractivity contribution in [1.29, 1.82) is 0 Å². The number of likely N-dealkylation sites (N-methyl/N-ethyl adjacent to an activating group) is 1. The molecule has 0 saturated heterocycles. The Hall–Kier alpha value is -1.06. The highest BCUT2D eigenvalue weighted by Crippen LogP contribution is 2.27. The van der Waals surface area contributed by atoms with Gasteiger partial charge in [0.1, 0.15) is 5.75 Å². The van der Waals surface area contributed by atoms with Crippen molar-refractivity contribution in [3.8, 4) is 5.75 Å². The molecule has 1 aliphatic heterocycles. The molecule has 0 atom stereocenters. The number of fused-ring (bicyclic) bond motifs is 1. The van der Waals surface area contributed by atoms with Gasteiger partial charge in [0.05, 0.1) is 7.11 Å². The van der Waals surface area contributed by atoms with E-state index in [-0.39, 0.29) is 0 Å². The summed E-state index contributed by atoms with van der Waals surface area (Å²) in [7, 11) is 3.93. The quantitative estimate of drug-likeness (QED) is 0.808. The molecule has 0 radical (unpaired) electrons. The van der Waals surface area contributed by atoms with Crippen molar-refractivity contribution in [1.82, 2.24) is 10.2 Å². The lowest BCUT2D eigenvalue weighted by atomic mass is 9.96. The maximum atomic E-state index is 5.52. The van der Waals surface area contributed by atoms with Crippen LogP contribution in [0.2, 0.25) is 0 Å². The minimum atomic E-state index is 0.903. The highest BCUT2D eigenvalue weighted by Gasteiger charge is 2.16. The lowest BCUT2D eigenvalue weighted by Gasteiger charge is -2.26. The summed E-state index contributed by atoms with van der Waals surface area (Å²) in [5.41, 5.74) is 4.19. The van der Waals surface area contributed by atoms with E-state index in [2.05, 4.69) is 36.3 Å². The van der Waals surface area contributed by atoms with Gasteiger partial charge < -0.3 is 15.0 Å². The zero-order chi connectivity index (χ0) is 13.0. The third-order valence-corrected chi connectivity index (χ3v) is 3.55. The Morgan fingerprint density at radius 1 is 1.33 bits per heavy atom. The van der Waals surface area contributed by atoms with Crippen LogP contribution in [-0.2, 0) is 19.5 Å². The third-order valence-electron chi connectivity index (χ3n) is 3.55. The summed E-state index contributed by atoms with van der Waals surface area (Å²) in [6, 6.07) is 4.54. The second kappa shape index (κ2) is 6.21. The molecule has 0 amide bonds. The molecule has 100 valence electrons.